The lowest BCUT2D eigenvalue weighted by Gasteiger charge is -2.24. The molecule has 17 heavy (non-hydrogen) atoms. The van der Waals surface area contributed by atoms with Gasteiger partial charge < -0.3 is 15.2 Å². The Morgan fingerprint density at radius 2 is 2.06 bits per heavy atom. The third kappa shape index (κ3) is 2.70. The molecule has 1 aliphatic heterocycles. The standard InChI is InChI=1S/C13H20N2O2/c1-3-15(4-2)7-10-5-12(14)6-11-8-16-9-17-13(10)11/h5-6H,3-4,7-9,14H2,1-2H3. The smallest absolute Gasteiger partial charge is 0.189 e. The number of rotatable bonds is 4. The lowest BCUT2D eigenvalue weighted by Crippen LogP contribution is -2.23. The van der Waals surface area contributed by atoms with E-state index in [1.165, 1.54) is 0 Å². The molecule has 4 heteroatoms. The van der Waals surface area contributed by atoms with Gasteiger partial charge in [-0.25, -0.2) is 0 Å². The van der Waals surface area contributed by atoms with E-state index in [9.17, 15) is 0 Å². The van der Waals surface area contributed by atoms with E-state index in [1.807, 2.05) is 12.1 Å². The van der Waals surface area contributed by atoms with Crippen molar-refractivity contribution in [3.05, 3.63) is 23.3 Å². The minimum absolute atomic E-state index is 0.335. The van der Waals surface area contributed by atoms with Crippen molar-refractivity contribution >= 4 is 5.69 Å². The maximum atomic E-state index is 5.91. The lowest BCUT2D eigenvalue weighted by atomic mass is 10.1. The second-order valence-electron chi connectivity index (χ2n) is 4.24. The zero-order valence-electron chi connectivity index (χ0n) is 10.5. The molecule has 1 aromatic carbocycles. The van der Waals surface area contributed by atoms with Crippen LogP contribution in [0.1, 0.15) is 25.0 Å². The largest absolute Gasteiger partial charge is 0.467 e. The number of ether oxygens (including phenoxy) is 2. The van der Waals surface area contributed by atoms with Gasteiger partial charge in [-0.1, -0.05) is 13.8 Å². The van der Waals surface area contributed by atoms with Crippen molar-refractivity contribution in [2.45, 2.75) is 27.0 Å². The van der Waals surface area contributed by atoms with E-state index in [0.717, 1.165) is 42.2 Å². The molecule has 0 bridgehead atoms. The zero-order valence-corrected chi connectivity index (χ0v) is 10.5. The third-order valence-corrected chi connectivity index (χ3v) is 3.10. The van der Waals surface area contributed by atoms with E-state index < -0.39 is 0 Å². The van der Waals surface area contributed by atoms with Crippen LogP contribution in [0.2, 0.25) is 0 Å². The van der Waals surface area contributed by atoms with Crippen LogP contribution in [0.3, 0.4) is 0 Å². The number of nitrogens with two attached hydrogens (primary N) is 1. The normalized spacial score (nSPS) is 14.5. The Balaban J connectivity index is 2.28. The molecule has 0 fully saturated rings. The number of anilines is 1. The summed E-state index contributed by atoms with van der Waals surface area (Å²) in [5.41, 5.74) is 8.90. The fourth-order valence-corrected chi connectivity index (χ4v) is 2.13. The summed E-state index contributed by atoms with van der Waals surface area (Å²) in [4.78, 5) is 2.34. The summed E-state index contributed by atoms with van der Waals surface area (Å²) in [6.07, 6.45) is 0. The minimum atomic E-state index is 0.335. The molecule has 0 radical (unpaired) electrons. The Morgan fingerprint density at radius 3 is 2.76 bits per heavy atom. The van der Waals surface area contributed by atoms with Gasteiger partial charge in [-0.15, -0.1) is 0 Å². The highest BCUT2D eigenvalue weighted by molar-refractivity contribution is 5.53. The molecule has 0 aliphatic carbocycles. The van der Waals surface area contributed by atoms with Crippen LogP contribution in [-0.4, -0.2) is 24.8 Å². The summed E-state index contributed by atoms with van der Waals surface area (Å²) in [7, 11) is 0. The summed E-state index contributed by atoms with van der Waals surface area (Å²) in [6, 6.07) is 3.93. The lowest BCUT2D eigenvalue weighted by molar-refractivity contribution is -0.0174. The van der Waals surface area contributed by atoms with Gasteiger partial charge >= 0.3 is 0 Å². The van der Waals surface area contributed by atoms with E-state index in [1.54, 1.807) is 0 Å². The average molecular weight is 236 g/mol. The minimum Gasteiger partial charge on any atom is -0.467 e. The zero-order chi connectivity index (χ0) is 12.3. The molecule has 4 nitrogen and oxygen atoms in total. The first-order chi connectivity index (χ1) is 8.24. The molecule has 0 saturated carbocycles. The van der Waals surface area contributed by atoms with Gasteiger partial charge in [-0.3, -0.25) is 4.90 Å². The molecule has 0 amide bonds. The Bertz CT molecular complexity index is 389. The van der Waals surface area contributed by atoms with Crippen LogP contribution in [0.5, 0.6) is 5.75 Å². The Labute approximate surface area is 102 Å². The summed E-state index contributed by atoms with van der Waals surface area (Å²) >= 11 is 0. The SMILES string of the molecule is CCN(CC)Cc1cc(N)cc2c1OCOC2. The summed E-state index contributed by atoms with van der Waals surface area (Å²) in [5.74, 6) is 0.956. The third-order valence-electron chi connectivity index (χ3n) is 3.10. The quantitative estimate of drug-likeness (QED) is 0.812. The molecular formula is C13H20N2O2. The van der Waals surface area contributed by atoms with Crippen LogP contribution >= 0.6 is 0 Å². The fraction of sp³-hybridized carbons (Fsp3) is 0.538. The number of fused-ring (bicyclic) bond motifs is 1. The van der Waals surface area contributed by atoms with Crippen molar-refractivity contribution in [3.63, 3.8) is 0 Å². The molecule has 1 aliphatic rings. The van der Waals surface area contributed by atoms with Gasteiger partial charge in [0.15, 0.2) is 6.79 Å². The number of hydrogen-bond acceptors (Lipinski definition) is 4. The van der Waals surface area contributed by atoms with Crippen LogP contribution in [0.15, 0.2) is 12.1 Å². The molecule has 0 unspecified atom stereocenters. The molecule has 1 heterocycles. The molecule has 0 saturated heterocycles. The number of hydrogen-bond donors (Lipinski definition) is 1. The summed E-state index contributed by atoms with van der Waals surface area (Å²) in [5, 5.41) is 0. The maximum absolute atomic E-state index is 5.91. The molecule has 0 atom stereocenters. The van der Waals surface area contributed by atoms with Crippen LogP contribution in [0, 0.1) is 0 Å². The van der Waals surface area contributed by atoms with Crippen molar-refractivity contribution in [1.82, 2.24) is 4.90 Å². The van der Waals surface area contributed by atoms with Gasteiger partial charge in [0.1, 0.15) is 5.75 Å². The van der Waals surface area contributed by atoms with Crippen LogP contribution in [-0.2, 0) is 17.9 Å². The average Bonchev–Trinajstić information content (AvgIpc) is 2.35. The van der Waals surface area contributed by atoms with Gasteiger partial charge in [0.25, 0.3) is 0 Å². The van der Waals surface area contributed by atoms with Crippen molar-refractivity contribution in [2.24, 2.45) is 0 Å². The Hall–Kier alpha value is -1.26. The molecule has 0 aromatic heterocycles. The van der Waals surface area contributed by atoms with E-state index >= 15 is 0 Å². The monoisotopic (exact) mass is 236 g/mol. The molecule has 2 rings (SSSR count). The van der Waals surface area contributed by atoms with Crippen molar-refractivity contribution in [2.75, 3.05) is 25.6 Å². The summed E-state index contributed by atoms with van der Waals surface area (Å²) in [6.45, 7) is 8.17. The number of benzene rings is 1. The topological polar surface area (TPSA) is 47.7 Å². The van der Waals surface area contributed by atoms with Crippen LogP contribution in [0.4, 0.5) is 5.69 Å². The number of nitrogen functional groups attached to an aromatic ring is 1. The van der Waals surface area contributed by atoms with Gasteiger partial charge in [-0.2, -0.15) is 0 Å². The second kappa shape index (κ2) is 5.38. The van der Waals surface area contributed by atoms with Gasteiger partial charge in [0.05, 0.1) is 6.61 Å². The highest BCUT2D eigenvalue weighted by Crippen LogP contribution is 2.31. The number of nitrogens with zero attached hydrogens (tertiary/aromatic N) is 1. The van der Waals surface area contributed by atoms with Crippen molar-refractivity contribution < 1.29 is 9.47 Å². The van der Waals surface area contributed by atoms with Crippen LogP contribution in [0.25, 0.3) is 0 Å². The van der Waals surface area contributed by atoms with Crippen molar-refractivity contribution in [3.8, 4) is 5.75 Å². The van der Waals surface area contributed by atoms with E-state index in [2.05, 4.69) is 18.7 Å². The first kappa shape index (κ1) is 12.2. The molecule has 94 valence electrons. The van der Waals surface area contributed by atoms with E-state index in [4.69, 9.17) is 15.2 Å². The van der Waals surface area contributed by atoms with Crippen LogP contribution < -0.4 is 10.5 Å². The van der Waals surface area contributed by atoms with Crippen molar-refractivity contribution in [1.29, 1.82) is 0 Å². The van der Waals surface area contributed by atoms with E-state index in [0.29, 0.717) is 13.4 Å². The molecule has 0 spiro atoms. The second-order valence-corrected chi connectivity index (χ2v) is 4.24. The molecule has 2 N–H and O–H groups in total. The highest BCUT2D eigenvalue weighted by atomic mass is 16.7. The summed E-state index contributed by atoms with van der Waals surface area (Å²) < 4.78 is 10.9. The molecule has 1 aromatic rings. The highest BCUT2D eigenvalue weighted by Gasteiger charge is 2.17. The predicted octanol–water partition coefficient (Wildman–Crippen LogP) is 1.98. The van der Waals surface area contributed by atoms with E-state index in [-0.39, 0.29) is 0 Å². The maximum Gasteiger partial charge on any atom is 0.189 e. The fourth-order valence-electron chi connectivity index (χ4n) is 2.13. The molecular weight excluding hydrogens is 216 g/mol. The Kier molecular flexibility index (Phi) is 3.86. The van der Waals surface area contributed by atoms with Gasteiger partial charge in [-0.05, 0) is 25.2 Å². The van der Waals surface area contributed by atoms with Gasteiger partial charge in [0.2, 0.25) is 0 Å². The first-order valence-electron chi connectivity index (χ1n) is 6.08. The Morgan fingerprint density at radius 1 is 1.29 bits per heavy atom. The first-order valence-corrected chi connectivity index (χ1v) is 6.08. The predicted molar refractivity (Wildman–Crippen MR) is 67.8 cm³/mol. The van der Waals surface area contributed by atoms with Gasteiger partial charge in [0, 0.05) is 23.4 Å².